The number of benzene rings is 2. The Balaban J connectivity index is 1.99. The lowest BCUT2D eigenvalue weighted by Crippen LogP contribution is -2.28. The minimum atomic E-state index is 0.780. The van der Waals surface area contributed by atoms with Gasteiger partial charge in [-0.05, 0) is 34.9 Å². The molecule has 3 rings (SSSR count). The van der Waals surface area contributed by atoms with Gasteiger partial charge in [0, 0.05) is 19.6 Å². The average molecular weight is 226 g/mol. The van der Waals surface area contributed by atoms with Gasteiger partial charge in [-0.25, -0.2) is 0 Å². The fourth-order valence-corrected chi connectivity index (χ4v) is 2.78. The van der Waals surface area contributed by atoms with Crippen LogP contribution in [-0.4, -0.2) is 18.0 Å². The summed E-state index contributed by atoms with van der Waals surface area (Å²) in [7, 11) is 0. The first-order valence-electron chi connectivity index (χ1n) is 6.30. The van der Waals surface area contributed by atoms with Crippen LogP contribution in [0.15, 0.2) is 36.4 Å². The first kappa shape index (κ1) is 10.8. The average Bonchev–Trinajstić information content (AvgIpc) is 2.37. The van der Waals surface area contributed by atoms with E-state index in [0.29, 0.717) is 0 Å². The Hall–Kier alpha value is -1.38. The first-order chi connectivity index (χ1) is 8.38. The van der Waals surface area contributed by atoms with E-state index >= 15 is 0 Å². The molecule has 2 N–H and O–H groups in total. The van der Waals surface area contributed by atoms with Crippen LogP contribution in [0.5, 0.6) is 0 Å². The second kappa shape index (κ2) is 4.47. The molecule has 2 heteroatoms. The number of nitrogens with two attached hydrogens (primary N) is 1. The van der Waals surface area contributed by atoms with Crippen LogP contribution in [0, 0.1) is 0 Å². The molecule has 2 nitrogen and oxygen atoms in total. The van der Waals surface area contributed by atoms with Crippen LogP contribution < -0.4 is 5.73 Å². The molecule has 17 heavy (non-hydrogen) atoms. The molecule has 2 aromatic carbocycles. The van der Waals surface area contributed by atoms with E-state index in [2.05, 4.69) is 41.3 Å². The van der Waals surface area contributed by atoms with E-state index in [9.17, 15) is 0 Å². The van der Waals surface area contributed by atoms with Crippen molar-refractivity contribution in [2.24, 2.45) is 5.73 Å². The van der Waals surface area contributed by atoms with Crippen LogP contribution in [0.25, 0.3) is 10.8 Å². The van der Waals surface area contributed by atoms with Gasteiger partial charge < -0.3 is 5.73 Å². The monoisotopic (exact) mass is 226 g/mol. The van der Waals surface area contributed by atoms with Crippen molar-refractivity contribution in [2.75, 3.05) is 13.1 Å². The topological polar surface area (TPSA) is 29.3 Å². The zero-order valence-electron chi connectivity index (χ0n) is 10.0. The van der Waals surface area contributed by atoms with Gasteiger partial charge in [0.05, 0.1) is 0 Å². The third-order valence-corrected chi connectivity index (χ3v) is 3.54. The molecular formula is C15H18N2. The third-order valence-electron chi connectivity index (χ3n) is 3.54. The normalized spacial score (nSPS) is 15.4. The summed E-state index contributed by atoms with van der Waals surface area (Å²) >= 11 is 0. The van der Waals surface area contributed by atoms with E-state index in [1.807, 2.05) is 0 Å². The molecule has 0 amide bonds. The number of rotatable bonds is 3. The van der Waals surface area contributed by atoms with Gasteiger partial charge in [0.25, 0.3) is 0 Å². The summed E-state index contributed by atoms with van der Waals surface area (Å²) in [6.07, 6.45) is 1.08. The molecule has 0 fully saturated rings. The second-order valence-corrected chi connectivity index (χ2v) is 4.79. The standard InChI is InChI=1S/C15H18N2/c16-8-3-9-17-10-13-6-1-4-12-5-2-7-14(11-17)15(12)13/h1-2,4-7H,3,8-11,16H2. The molecule has 0 saturated carbocycles. The minimum absolute atomic E-state index is 0.780. The molecule has 1 heterocycles. The highest BCUT2D eigenvalue weighted by Crippen LogP contribution is 2.29. The summed E-state index contributed by atoms with van der Waals surface area (Å²) in [5, 5.41) is 2.84. The van der Waals surface area contributed by atoms with Crippen molar-refractivity contribution in [3.05, 3.63) is 47.5 Å². The Morgan fingerprint density at radius 1 is 1.00 bits per heavy atom. The maximum atomic E-state index is 5.59. The van der Waals surface area contributed by atoms with Gasteiger partial charge in [0.15, 0.2) is 0 Å². The molecule has 88 valence electrons. The van der Waals surface area contributed by atoms with Crippen LogP contribution >= 0.6 is 0 Å². The lowest BCUT2D eigenvalue weighted by Gasteiger charge is -2.29. The fourth-order valence-electron chi connectivity index (χ4n) is 2.78. The zero-order chi connectivity index (χ0) is 11.7. The Bertz CT molecular complexity index is 493. The number of nitrogens with zero attached hydrogens (tertiary/aromatic N) is 1. The van der Waals surface area contributed by atoms with Crippen molar-refractivity contribution < 1.29 is 0 Å². The van der Waals surface area contributed by atoms with Crippen LogP contribution in [0.2, 0.25) is 0 Å². The van der Waals surface area contributed by atoms with Gasteiger partial charge in [0.2, 0.25) is 0 Å². The predicted octanol–water partition coefficient (Wildman–Crippen LogP) is 2.50. The summed E-state index contributed by atoms with van der Waals surface area (Å²) in [5.41, 5.74) is 8.51. The molecule has 0 atom stereocenters. The molecule has 0 spiro atoms. The van der Waals surface area contributed by atoms with Crippen molar-refractivity contribution >= 4 is 10.8 Å². The molecule has 0 radical (unpaired) electrons. The lowest BCUT2D eigenvalue weighted by atomic mass is 9.95. The smallest absolute Gasteiger partial charge is 0.0243 e. The molecular weight excluding hydrogens is 208 g/mol. The van der Waals surface area contributed by atoms with Crippen LogP contribution in [0.1, 0.15) is 17.5 Å². The SMILES string of the molecule is NCCCN1Cc2cccc3cccc(c23)C1. The van der Waals surface area contributed by atoms with Gasteiger partial charge in [-0.15, -0.1) is 0 Å². The fraction of sp³-hybridized carbons (Fsp3) is 0.333. The van der Waals surface area contributed by atoms with Gasteiger partial charge in [-0.3, -0.25) is 4.90 Å². The van der Waals surface area contributed by atoms with Crippen molar-refractivity contribution in [2.45, 2.75) is 19.5 Å². The van der Waals surface area contributed by atoms with E-state index in [4.69, 9.17) is 5.73 Å². The van der Waals surface area contributed by atoms with E-state index in [0.717, 1.165) is 32.6 Å². The number of hydrogen-bond donors (Lipinski definition) is 1. The van der Waals surface area contributed by atoms with E-state index in [-0.39, 0.29) is 0 Å². The van der Waals surface area contributed by atoms with Gasteiger partial charge in [-0.2, -0.15) is 0 Å². The molecule has 0 unspecified atom stereocenters. The summed E-state index contributed by atoms with van der Waals surface area (Å²) < 4.78 is 0. The molecule has 0 bridgehead atoms. The first-order valence-corrected chi connectivity index (χ1v) is 6.30. The highest BCUT2D eigenvalue weighted by Gasteiger charge is 2.17. The van der Waals surface area contributed by atoms with Crippen molar-refractivity contribution in [1.82, 2.24) is 4.90 Å². The van der Waals surface area contributed by atoms with E-state index in [1.165, 1.54) is 21.9 Å². The molecule has 0 aromatic heterocycles. The summed E-state index contributed by atoms with van der Waals surface area (Å²) in [6.45, 7) is 4.01. The Morgan fingerprint density at radius 2 is 1.65 bits per heavy atom. The second-order valence-electron chi connectivity index (χ2n) is 4.79. The Kier molecular flexibility index (Phi) is 2.83. The minimum Gasteiger partial charge on any atom is -0.330 e. The quantitative estimate of drug-likeness (QED) is 0.871. The van der Waals surface area contributed by atoms with Gasteiger partial charge in [0.1, 0.15) is 0 Å². The van der Waals surface area contributed by atoms with Gasteiger partial charge in [-0.1, -0.05) is 36.4 Å². The summed E-state index contributed by atoms with van der Waals surface area (Å²) in [6, 6.07) is 13.2. The van der Waals surface area contributed by atoms with Crippen molar-refractivity contribution in [3.63, 3.8) is 0 Å². The summed E-state index contributed by atoms with van der Waals surface area (Å²) in [5.74, 6) is 0. The highest BCUT2D eigenvalue weighted by molar-refractivity contribution is 5.89. The maximum Gasteiger partial charge on any atom is 0.0243 e. The van der Waals surface area contributed by atoms with Crippen LogP contribution in [0.3, 0.4) is 0 Å². The summed E-state index contributed by atoms with van der Waals surface area (Å²) in [4.78, 5) is 2.49. The molecule has 0 aliphatic carbocycles. The molecule has 2 aromatic rings. The predicted molar refractivity (Wildman–Crippen MR) is 71.7 cm³/mol. The molecule has 1 aliphatic rings. The van der Waals surface area contributed by atoms with Crippen LogP contribution in [-0.2, 0) is 13.1 Å². The third kappa shape index (κ3) is 1.94. The Labute approximate surface area is 102 Å². The maximum absolute atomic E-state index is 5.59. The molecule has 0 saturated heterocycles. The van der Waals surface area contributed by atoms with Crippen molar-refractivity contribution in [3.8, 4) is 0 Å². The highest BCUT2D eigenvalue weighted by atomic mass is 15.1. The largest absolute Gasteiger partial charge is 0.330 e. The molecule has 1 aliphatic heterocycles. The zero-order valence-corrected chi connectivity index (χ0v) is 10.0. The van der Waals surface area contributed by atoms with Gasteiger partial charge >= 0.3 is 0 Å². The Morgan fingerprint density at radius 3 is 2.24 bits per heavy atom. The van der Waals surface area contributed by atoms with E-state index in [1.54, 1.807) is 0 Å². The van der Waals surface area contributed by atoms with Crippen molar-refractivity contribution in [1.29, 1.82) is 0 Å². The lowest BCUT2D eigenvalue weighted by molar-refractivity contribution is 0.251. The number of hydrogen-bond acceptors (Lipinski definition) is 2. The van der Waals surface area contributed by atoms with Crippen LogP contribution in [0.4, 0.5) is 0 Å². The van der Waals surface area contributed by atoms with E-state index < -0.39 is 0 Å².